The summed E-state index contributed by atoms with van der Waals surface area (Å²) < 4.78 is 43.3. The van der Waals surface area contributed by atoms with Crippen LogP contribution in [0, 0.1) is 0 Å². The molecule has 0 bridgehead atoms. The largest absolute Gasteiger partial charge is 0.434 e. The van der Waals surface area contributed by atoms with Crippen LogP contribution in [-0.2, 0) is 10.9 Å². The van der Waals surface area contributed by atoms with E-state index in [0.29, 0.717) is 12.7 Å². The molecule has 10 heteroatoms. The smallest absolute Gasteiger partial charge is 0.388 e. The molecular weight excluding hydrogens is 317 g/mol. The van der Waals surface area contributed by atoms with Crippen molar-refractivity contribution in [3.63, 3.8) is 0 Å². The van der Waals surface area contributed by atoms with E-state index < -0.39 is 36.2 Å². The van der Waals surface area contributed by atoms with Gasteiger partial charge < -0.3 is 25.2 Å². The fraction of sp³-hybridized carbons (Fsp3) is 0.692. The highest BCUT2D eigenvalue weighted by molar-refractivity contribution is 5.34. The van der Waals surface area contributed by atoms with Crippen molar-refractivity contribution < 1.29 is 28.1 Å². The molecule has 4 atom stereocenters. The highest BCUT2D eigenvalue weighted by atomic mass is 19.4. The molecule has 0 aliphatic carbocycles. The van der Waals surface area contributed by atoms with Gasteiger partial charge >= 0.3 is 6.18 Å². The number of anilines is 1. The number of alkyl halides is 3. The maximum absolute atomic E-state index is 12.6. The molecular formula is C13H19F3N4O3. The molecule has 1 saturated heterocycles. The number of halogens is 3. The number of rotatable bonds is 4. The summed E-state index contributed by atoms with van der Waals surface area (Å²) in [7, 11) is 3.59. The Morgan fingerprint density at radius 2 is 2.00 bits per heavy atom. The highest BCUT2D eigenvalue weighted by Crippen LogP contribution is 2.28. The lowest BCUT2D eigenvalue weighted by molar-refractivity contribution is -0.144. The number of ether oxygens (including phenoxy) is 1. The van der Waals surface area contributed by atoms with Gasteiger partial charge in [-0.15, -0.1) is 0 Å². The van der Waals surface area contributed by atoms with Crippen LogP contribution >= 0.6 is 0 Å². The van der Waals surface area contributed by atoms with E-state index in [0.717, 1.165) is 6.20 Å². The molecule has 1 aromatic heterocycles. The zero-order chi connectivity index (χ0) is 17.2. The van der Waals surface area contributed by atoms with E-state index in [2.05, 4.69) is 15.3 Å². The number of likely N-dealkylation sites (N-methyl/N-ethyl adjacent to an activating group) is 1. The maximum Gasteiger partial charge on any atom is 0.434 e. The van der Waals surface area contributed by atoms with Crippen LogP contribution in [0.3, 0.4) is 0 Å². The molecule has 1 fully saturated rings. The van der Waals surface area contributed by atoms with Crippen molar-refractivity contribution in [2.24, 2.45) is 0 Å². The summed E-state index contributed by atoms with van der Waals surface area (Å²) in [6.45, 7) is 0.434. The van der Waals surface area contributed by atoms with Gasteiger partial charge in [-0.1, -0.05) is 0 Å². The Balaban J connectivity index is 2.04. The van der Waals surface area contributed by atoms with E-state index in [1.807, 2.05) is 0 Å². The predicted octanol–water partition coefficient (Wildman–Crippen LogP) is -0.0419. The molecule has 0 aromatic carbocycles. The first kappa shape index (κ1) is 17.9. The first-order valence-corrected chi connectivity index (χ1v) is 6.96. The zero-order valence-corrected chi connectivity index (χ0v) is 12.7. The molecule has 1 aliphatic rings. The Morgan fingerprint density at radius 1 is 1.30 bits per heavy atom. The second-order valence-electron chi connectivity index (χ2n) is 5.65. The van der Waals surface area contributed by atoms with E-state index in [4.69, 9.17) is 4.74 Å². The molecule has 1 aliphatic heterocycles. The van der Waals surface area contributed by atoms with Crippen LogP contribution < -0.4 is 5.32 Å². The number of aliphatic hydroxyl groups is 2. The average Bonchev–Trinajstić information content (AvgIpc) is 2.46. The van der Waals surface area contributed by atoms with Gasteiger partial charge in [0.05, 0.1) is 31.1 Å². The van der Waals surface area contributed by atoms with E-state index in [1.165, 1.54) is 0 Å². The molecule has 1 aromatic rings. The summed E-state index contributed by atoms with van der Waals surface area (Å²) in [6, 6.07) is -0.791. The molecule has 0 saturated carbocycles. The third-order valence-electron chi connectivity index (χ3n) is 3.44. The summed E-state index contributed by atoms with van der Waals surface area (Å²) in [5.41, 5.74) is -1.14. The van der Waals surface area contributed by atoms with Crippen molar-refractivity contribution >= 4 is 5.82 Å². The second-order valence-corrected chi connectivity index (χ2v) is 5.65. The predicted molar refractivity (Wildman–Crippen MR) is 74.8 cm³/mol. The molecule has 0 amide bonds. The number of nitrogens with zero attached hydrogens (tertiary/aromatic N) is 3. The molecule has 3 N–H and O–H groups in total. The zero-order valence-electron chi connectivity index (χ0n) is 12.7. The average molecular weight is 336 g/mol. The number of hydrogen-bond acceptors (Lipinski definition) is 7. The van der Waals surface area contributed by atoms with Gasteiger partial charge in [-0.3, -0.25) is 4.98 Å². The normalized spacial score (nSPS) is 28.9. The van der Waals surface area contributed by atoms with Gasteiger partial charge in [-0.2, -0.15) is 13.2 Å². The first-order valence-electron chi connectivity index (χ1n) is 6.96. The topological polar surface area (TPSA) is 90.7 Å². The van der Waals surface area contributed by atoms with Crippen LogP contribution in [0.15, 0.2) is 12.4 Å². The van der Waals surface area contributed by atoms with E-state index in [-0.39, 0.29) is 12.4 Å². The molecule has 2 heterocycles. The molecule has 0 spiro atoms. The Kier molecular flexibility index (Phi) is 5.40. The van der Waals surface area contributed by atoms with Gasteiger partial charge in [-0.25, -0.2) is 4.98 Å². The summed E-state index contributed by atoms with van der Waals surface area (Å²) >= 11 is 0. The molecule has 0 unspecified atom stereocenters. The lowest BCUT2D eigenvalue weighted by Gasteiger charge is -2.39. The number of aromatic nitrogens is 2. The number of hydrogen-bond donors (Lipinski definition) is 3. The van der Waals surface area contributed by atoms with Gasteiger partial charge in [0.25, 0.3) is 0 Å². The van der Waals surface area contributed by atoms with Crippen LogP contribution in [0.5, 0.6) is 0 Å². The van der Waals surface area contributed by atoms with Crippen LogP contribution in [-0.4, -0.2) is 76.7 Å². The second kappa shape index (κ2) is 6.95. The Labute approximate surface area is 131 Å². The minimum atomic E-state index is -4.61. The van der Waals surface area contributed by atoms with Crippen molar-refractivity contribution in [2.75, 3.05) is 32.6 Å². The van der Waals surface area contributed by atoms with Gasteiger partial charge in [0.1, 0.15) is 18.0 Å². The van der Waals surface area contributed by atoms with E-state index >= 15 is 0 Å². The fourth-order valence-electron chi connectivity index (χ4n) is 2.29. The monoisotopic (exact) mass is 336 g/mol. The van der Waals surface area contributed by atoms with Gasteiger partial charge in [0.15, 0.2) is 5.69 Å². The van der Waals surface area contributed by atoms with Crippen molar-refractivity contribution in [3.8, 4) is 0 Å². The van der Waals surface area contributed by atoms with Crippen molar-refractivity contribution in [2.45, 2.75) is 30.5 Å². The lowest BCUT2D eigenvalue weighted by Crippen LogP contribution is -2.57. The lowest BCUT2D eigenvalue weighted by atomic mass is 9.98. The van der Waals surface area contributed by atoms with Crippen LogP contribution in [0.4, 0.5) is 19.0 Å². The fourth-order valence-corrected chi connectivity index (χ4v) is 2.29. The molecule has 130 valence electrons. The van der Waals surface area contributed by atoms with Crippen LogP contribution in [0.2, 0.25) is 0 Å². The standard InChI is InChI=1S/C13H19F3N4O3/c1-20(2)5-8-12(22)11(21)7(6-23-8)18-10-4-17-3-9(19-10)13(14,15)16/h3-4,7-8,11-12,21-22H,5-6H2,1-2H3,(H,18,19)/t7-,8+,11+,12-/m0/s1. The quantitative estimate of drug-likeness (QED) is 0.711. The van der Waals surface area contributed by atoms with Crippen LogP contribution in [0.25, 0.3) is 0 Å². The summed E-state index contributed by atoms with van der Waals surface area (Å²) in [6.07, 6.45) is -5.83. The maximum atomic E-state index is 12.6. The summed E-state index contributed by atoms with van der Waals surface area (Å²) in [5, 5.41) is 22.8. The Bertz CT molecular complexity index is 529. The molecule has 0 radical (unpaired) electrons. The van der Waals surface area contributed by atoms with Gasteiger partial charge in [0, 0.05) is 6.54 Å². The minimum absolute atomic E-state index is 0.0225. The van der Waals surface area contributed by atoms with Gasteiger partial charge in [-0.05, 0) is 14.1 Å². The van der Waals surface area contributed by atoms with E-state index in [9.17, 15) is 23.4 Å². The van der Waals surface area contributed by atoms with Gasteiger partial charge in [0.2, 0.25) is 0 Å². The SMILES string of the molecule is CN(C)C[C@H]1OC[C@H](Nc2cncc(C(F)(F)F)n2)[C@@H](O)[C@H]1O. The molecule has 23 heavy (non-hydrogen) atoms. The Hall–Kier alpha value is -1.49. The van der Waals surface area contributed by atoms with Crippen LogP contribution in [0.1, 0.15) is 5.69 Å². The summed E-state index contributed by atoms with van der Waals surface area (Å²) in [4.78, 5) is 8.69. The van der Waals surface area contributed by atoms with E-state index in [1.54, 1.807) is 19.0 Å². The first-order chi connectivity index (χ1) is 10.7. The Morgan fingerprint density at radius 3 is 2.61 bits per heavy atom. The van der Waals surface area contributed by atoms with Crippen molar-refractivity contribution in [1.29, 1.82) is 0 Å². The summed E-state index contributed by atoms with van der Waals surface area (Å²) in [5.74, 6) is -0.147. The number of nitrogens with one attached hydrogen (secondary N) is 1. The molecule has 2 rings (SSSR count). The highest BCUT2D eigenvalue weighted by Gasteiger charge is 2.39. The third kappa shape index (κ3) is 4.50. The molecule has 7 nitrogen and oxygen atoms in total. The third-order valence-corrected chi connectivity index (χ3v) is 3.44. The number of aliphatic hydroxyl groups excluding tert-OH is 2. The van der Waals surface area contributed by atoms with Crippen molar-refractivity contribution in [3.05, 3.63) is 18.1 Å². The van der Waals surface area contributed by atoms with Crippen molar-refractivity contribution in [1.82, 2.24) is 14.9 Å². The minimum Gasteiger partial charge on any atom is -0.388 e.